The third-order valence-corrected chi connectivity index (χ3v) is 6.51. The Labute approximate surface area is 239 Å². The summed E-state index contributed by atoms with van der Waals surface area (Å²) in [6, 6.07) is 6.07. The molecule has 1 aromatic carbocycles. The zero-order chi connectivity index (χ0) is 30.1. The highest BCUT2D eigenvalue weighted by Gasteiger charge is 2.45. The van der Waals surface area contributed by atoms with Crippen molar-refractivity contribution in [3.05, 3.63) is 52.2 Å². The first-order valence-electron chi connectivity index (χ1n) is 13.5. The van der Waals surface area contributed by atoms with Crippen LogP contribution in [-0.2, 0) is 44.5 Å². The fourth-order valence-electron chi connectivity index (χ4n) is 4.68. The molecule has 41 heavy (non-hydrogen) atoms. The first kappa shape index (κ1) is 31.5. The van der Waals surface area contributed by atoms with Crippen LogP contribution < -0.4 is 4.74 Å². The lowest BCUT2D eigenvalue weighted by Crippen LogP contribution is -2.54. The summed E-state index contributed by atoms with van der Waals surface area (Å²) in [6.45, 7) is 9.61. The zero-order valence-corrected chi connectivity index (χ0v) is 24.3. The highest BCUT2D eigenvalue weighted by Crippen LogP contribution is 2.33. The molecule has 11 heteroatoms. The number of aromatic amines is 1. The molecule has 1 saturated heterocycles. The van der Waals surface area contributed by atoms with Crippen molar-refractivity contribution in [1.29, 1.82) is 0 Å². The van der Waals surface area contributed by atoms with E-state index in [-0.39, 0.29) is 18.9 Å². The van der Waals surface area contributed by atoms with Gasteiger partial charge in [0.25, 0.3) is 0 Å². The predicted octanol–water partition coefficient (Wildman–Crippen LogP) is 3.95. The lowest BCUT2D eigenvalue weighted by atomic mass is 9.95. The second-order valence-electron chi connectivity index (χ2n) is 10.2. The van der Waals surface area contributed by atoms with Gasteiger partial charge in [-0.25, -0.2) is 0 Å². The van der Waals surface area contributed by atoms with E-state index < -0.39 is 42.5 Å². The van der Waals surface area contributed by atoms with Crippen LogP contribution in [0.5, 0.6) is 5.88 Å². The molecule has 0 saturated carbocycles. The maximum Gasteiger partial charge on any atom is 0.303 e. The van der Waals surface area contributed by atoms with Crippen molar-refractivity contribution < 1.29 is 42.9 Å². The number of rotatable bonds is 12. The number of hydrogen-bond acceptors (Lipinski definition) is 10. The fourth-order valence-corrected chi connectivity index (χ4v) is 4.68. The van der Waals surface area contributed by atoms with Crippen LogP contribution in [0.2, 0.25) is 0 Å². The van der Waals surface area contributed by atoms with Crippen molar-refractivity contribution in [2.75, 3.05) is 6.61 Å². The van der Waals surface area contributed by atoms with Gasteiger partial charge in [0.15, 0.2) is 6.10 Å². The number of aromatic nitrogens is 2. The van der Waals surface area contributed by atoms with Gasteiger partial charge in [-0.2, -0.15) is 0 Å². The number of aldehydes is 1. The van der Waals surface area contributed by atoms with E-state index in [2.05, 4.69) is 16.3 Å². The summed E-state index contributed by atoms with van der Waals surface area (Å²) in [5.74, 6) is -1.26. The van der Waals surface area contributed by atoms with Crippen molar-refractivity contribution in [3.8, 4) is 5.88 Å². The molecule has 2 aromatic rings. The second-order valence-corrected chi connectivity index (χ2v) is 10.2. The summed E-state index contributed by atoms with van der Waals surface area (Å²) in [4.78, 5) is 45.8. The van der Waals surface area contributed by atoms with E-state index in [4.69, 9.17) is 23.7 Å². The minimum Gasteiger partial charge on any atom is -0.463 e. The number of esters is 3. The molecule has 0 amide bonds. The molecule has 0 radical (unpaired) electrons. The van der Waals surface area contributed by atoms with Gasteiger partial charge in [-0.05, 0) is 29.5 Å². The molecule has 0 unspecified atom stereocenters. The average Bonchev–Trinajstić information content (AvgIpc) is 3.27. The second kappa shape index (κ2) is 14.6. The maximum absolute atomic E-state index is 11.9. The Morgan fingerprint density at radius 1 is 1.12 bits per heavy atom. The van der Waals surface area contributed by atoms with Crippen molar-refractivity contribution >= 4 is 30.3 Å². The van der Waals surface area contributed by atoms with E-state index in [0.717, 1.165) is 34.2 Å². The van der Waals surface area contributed by atoms with Gasteiger partial charge in [0.05, 0.1) is 6.42 Å². The summed E-state index contributed by atoms with van der Waals surface area (Å²) in [7, 11) is 0. The van der Waals surface area contributed by atoms with Gasteiger partial charge in [-0.1, -0.05) is 44.2 Å². The molecule has 1 N–H and O–H groups in total. The quantitative estimate of drug-likeness (QED) is 0.226. The number of carbonyl (C=O) groups excluding carboxylic acids is 4. The standard InChI is InChI=1S/C30H38N2O9/c1-17(2)28-24(14-23-11-10-22(13-18(23)3)9-7-8-12-33)30(32-31-28)41-27-15-25(38-20(5)35)29(39-21(6)36)26(40-27)16-37-19(4)34/h7,9-13,17,25-27,29H,8,14-16H2,1-6H3,(H,31,32)/b9-7+/t25-,26-,27+,29+/m1/s1. The Morgan fingerprint density at radius 2 is 1.85 bits per heavy atom. The van der Waals surface area contributed by atoms with E-state index in [1.54, 1.807) is 0 Å². The van der Waals surface area contributed by atoms with Gasteiger partial charge < -0.3 is 28.5 Å². The van der Waals surface area contributed by atoms with Gasteiger partial charge in [0.1, 0.15) is 25.1 Å². The third-order valence-electron chi connectivity index (χ3n) is 6.51. The predicted molar refractivity (Wildman–Crippen MR) is 148 cm³/mol. The normalized spacial score (nSPS) is 20.6. The van der Waals surface area contributed by atoms with Gasteiger partial charge in [0, 0.05) is 44.9 Å². The molecule has 2 heterocycles. The molecule has 1 aromatic heterocycles. The van der Waals surface area contributed by atoms with E-state index in [1.165, 1.54) is 20.8 Å². The molecule has 4 atom stereocenters. The lowest BCUT2D eigenvalue weighted by molar-refractivity contribution is -0.246. The van der Waals surface area contributed by atoms with Gasteiger partial charge in [-0.15, -0.1) is 5.10 Å². The Hall–Kier alpha value is -3.99. The average molecular weight is 571 g/mol. The lowest BCUT2D eigenvalue weighted by Gasteiger charge is -2.39. The van der Waals surface area contributed by atoms with Crippen molar-refractivity contribution in [1.82, 2.24) is 10.2 Å². The van der Waals surface area contributed by atoms with Crippen LogP contribution in [0, 0.1) is 6.92 Å². The third kappa shape index (κ3) is 9.01. The van der Waals surface area contributed by atoms with Crippen molar-refractivity contribution in [2.45, 2.75) is 91.3 Å². The summed E-state index contributed by atoms with van der Waals surface area (Å²) in [5.41, 5.74) is 4.87. The van der Waals surface area contributed by atoms with Gasteiger partial charge in [-0.3, -0.25) is 19.5 Å². The number of nitrogens with zero attached hydrogens (tertiary/aromatic N) is 1. The number of allylic oxidation sites excluding steroid dienone is 1. The largest absolute Gasteiger partial charge is 0.463 e. The highest BCUT2D eigenvalue weighted by molar-refractivity contribution is 5.68. The van der Waals surface area contributed by atoms with Gasteiger partial charge >= 0.3 is 17.9 Å². The number of hydrogen-bond donors (Lipinski definition) is 1. The minimum absolute atomic E-state index is 0.0538. The number of ether oxygens (including phenoxy) is 5. The number of carbonyl (C=O) groups is 4. The first-order valence-corrected chi connectivity index (χ1v) is 13.5. The maximum atomic E-state index is 11.9. The first-order chi connectivity index (χ1) is 19.5. The molecule has 0 bridgehead atoms. The SMILES string of the molecule is CC(=O)OC[C@H]1O[C@@H](Oc2n[nH]c(C(C)C)c2Cc2ccc(/C=C/CC=O)cc2C)C[C@@H](OC(C)=O)[C@@H]1OC(C)=O. The van der Waals surface area contributed by atoms with Crippen LogP contribution in [0.3, 0.4) is 0 Å². The minimum atomic E-state index is -0.998. The number of nitrogens with one attached hydrogen (secondary N) is 1. The van der Waals surface area contributed by atoms with Crippen LogP contribution in [0.25, 0.3) is 6.08 Å². The molecule has 3 rings (SSSR count). The number of benzene rings is 1. The van der Waals surface area contributed by atoms with Crippen molar-refractivity contribution in [3.63, 3.8) is 0 Å². The van der Waals surface area contributed by atoms with Crippen LogP contribution in [-0.4, -0.2) is 65.6 Å². The molecule has 0 aliphatic carbocycles. The molecular weight excluding hydrogens is 532 g/mol. The Bertz CT molecular complexity index is 1270. The molecule has 1 aliphatic rings. The smallest absolute Gasteiger partial charge is 0.303 e. The summed E-state index contributed by atoms with van der Waals surface area (Å²) in [6.07, 6.45) is 1.73. The summed E-state index contributed by atoms with van der Waals surface area (Å²) < 4.78 is 28.3. The van der Waals surface area contributed by atoms with E-state index in [0.29, 0.717) is 18.7 Å². The Morgan fingerprint density at radius 3 is 2.46 bits per heavy atom. The molecular formula is C30H38N2O9. The molecule has 0 spiro atoms. The summed E-state index contributed by atoms with van der Waals surface area (Å²) in [5, 5.41) is 7.51. The molecule has 1 aliphatic heterocycles. The summed E-state index contributed by atoms with van der Waals surface area (Å²) >= 11 is 0. The molecule has 11 nitrogen and oxygen atoms in total. The topological polar surface area (TPSA) is 143 Å². The monoisotopic (exact) mass is 570 g/mol. The van der Waals surface area contributed by atoms with Crippen LogP contribution >= 0.6 is 0 Å². The van der Waals surface area contributed by atoms with Crippen LogP contribution in [0.15, 0.2) is 24.3 Å². The van der Waals surface area contributed by atoms with Crippen LogP contribution in [0.4, 0.5) is 0 Å². The highest BCUT2D eigenvalue weighted by atomic mass is 16.7. The van der Waals surface area contributed by atoms with E-state index in [1.807, 2.05) is 45.1 Å². The number of aryl methyl sites for hydroxylation is 1. The fraction of sp³-hybridized carbons (Fsp3) is 0.500. The van der Waals surface area contributed by atoms with Gasteiger partial charge in [0.2, 0.25) is 12.2 Å². The Balaban J connectivity index is 1.89. The van der Waals surface area contributed by atoms with E-state index >= 15 is 0 Å². The molecule has 1 fully saturated rings. The number of H-pyrrole nitrogens is 1. The van der Waals surface area contributed by atoms with Crippen LogP contribution in [0.1, 0.15) is 81.3 Å². The Kier molecular flexibility index (Phi) is 11.2. The zero-order valence-electron chi connectivity index (χ0n) is 24.3. The molecule has 222 valence electrons. The van der Waals surface area contributed by atoms with Crippen molar-refractivity contribution in [2.24, 2.45) is 0 Å². The van der Waals surface area contributed by atoms with E-state index in [9.17, 15) is 19.2 Å².